The van der Waals surface area contributed by atoms with Gasteiger partial charge in [-0.2, -0.15) is 0 Å². The Bertz CT molecular complexity index is 477. The number of nitrogens with zero attached hydrogens (tertiary/aromatic N) is 2. The van der Waals surface area contributed by atoms with Gasteiger partial charge in [0.15, 0.2) is 0 Å². The number of hydrogen-bond donors (Lipinski definition) is 1. The molecule has 1 aliphatic rings. The van der Waals surface area contributed by atoms with Gasteiger partial charge in [-0.25, -0.2) is 0 Å². The van der Waals surface area contributed by atoms with Crippen LogP contribution in [-0.2, 0) is 0 Å². The van der Waals surface area contributed by atoms with E-state index < -0.39 is 0 Å². The summed E-state index contributed by atoms with van der Waals surface area (Å²) >= 11 is 3.20. The van der Waals surface area contributed by atoms with Crippen molar-refractivity contribution in [2.75, 3.05) is 44.1 Å². The van der Waals surface area contributed by atoms with Crippen molar-refractivity contribution in [3.8, 4) is 0 Å². The highest BCUT2D eigenvalue weighted by Gasteiger charge is 2.25. The van der Waals surface area contributed by atoms with Gasteiger partial charge in [-0.1, -0.05) is 12.8 Å². The maximum Gasteiger partial charge on any atom is 0.265 e. The molecule has 0 bridgehead atoms. The van der Waals surface area contributed by atoms with E-state index in [0.717, 1.165) is 18.0 Å². The Balaban J connectivity index is 2.37. The first-order valence-electron chi connectivity index (χ1n) is 6.99. The van der Waals surface area contributed by atoms with E-state index in [9.17, 15) is 4.79 Å². The Labute approximate surface area is 129 Å². The Morgan fingerprint density at radius 3 is 2.35 bits per heavy atom. The Morgan fingerprint density at radius 1 is 1.25 bits per heavy atom. The molecule has 0 aliphatic carbocycles. The molecule has 1 aromatic rings. The van der Waals surface area contributed by atoms with E-state index in [4.69, 9.17) is 5.73 Å². The predicted molar refractivity (Wildman–Crippen MR) is 89.2 cm³/mol. The second-order valence-electron chi connectivity index (χ2n) is 5.28. The SMILES string of the molecule is CSc1c(N2CCCCCC2)sc(C(=O)N(C)C)c1N. The third kappa shape index (κ3) is 3.06. The van der Waals surface area contributed by atoms with Gasteiger partial charge in [0, 0.05) is 27.2 Å². The van der Waals surface area contributed by atoms with E-state index in [1.807, 2.05) is 6.26 Å². The molecule has 0 atom stereocenters. The van der Waals surface area contributed by atoms with Crippen molar-refractivity contribution in [1.82, 2.24) is 4.90 Å². The van der Waals surface area contributed by atoms with Gasteiger partial charge in [-0.15, -0.1) is 23.1 Å². The second kappa shape index (κ2) is 6.72. The molecular weight excluding hydrogens is 290 g/mol. The van der Waals surface area contributed by atoms with Gasteiger partial charge < -0.3 is 15.5 Å². The van der Waals surface area contributed by atoms with E-state index in [2.05, 4.69) is 4.90 Å². The van der Waals surface area contributed by atoms with Gasteiger partial charge in [0.2, 0.25) is 0 Å². The lowest BCUT2D eigenvalue weighted by atomic mass is 10.2. The number of carbonyl (C=O) groups excluding carboxylic acids is 1. The maximum atomic E-state index is 12.2. The van der Waals surface area contributed by atoms with Crippen LogP contribution in [0.1, 0.15) is 35.4 Å². The van der Waals surface area contributed by atoms with E-state index >= 15 is 0 Å². The molecule has 0 spiro atoms. The van der Waals surface area contributed by atoms with Crippen LogP contribution in [0.4, 0.5) is 10.7 Å². The third-order valence-corrected chi connectivity index (χ3v) is 5.79. The molecule has 2 heterocycles. The molecule has 0 saturated carbocycles. The van der Waals surface area contributed by atoms with Crippen LogP contribution in [0.2, 0.25) is 0 Å². The summed E-state index contributed by atoms with van der Waals surface area (Å²) in [6.07, 6.45) is 7.08. The topological polar surface area (TPSA) is 49.6 Å². The molecule has 20 heavy (non-hydrogen) atoms. The smallest absolute Gasteiger partial charge is 0.265 e. The molecule has 0 radical (unpaired) electrons. The number of thiophene rings is 1. The minimum absolute atomic E-state index is 0.00359. The Hall–Kier alpha value is -0.880. The molecule has 1 aliphatic heterocycles. The summed E-state index contributed by atoms with van der Waals surface area (Å²) in [5.74, 6) is 0.00359. The molecule has 2 rings (SSSR count). The van der Waals surface area contributed by atoms with Crippen LogP contribution in [0.25, 0.3) is 0 Å². The molecule has 2 N–H and O–H groups in total. The monoisotopic (exact) mass is 313 g/mol. The lowest BCUT2D eigenvalue weighted by Gasteiger charge is -2.21. The van der Waals surface area contributed by atoms with Crippen LogP contribution in [0.3, 0.4) is 0 Å². The third-order valence-electron chi connectivity index (χ3n) is 3.58. The highest BCUT2D eigenvalue weighted by molar-refractivity contribution is 7.99. The predicted octanol–water partition coefficient (Wildman–Crippen LogP) is 3.13. The summed E-state index contributed by atoms with van der Waals surface area (Å²) in [6.45, 7) is 2.15. The number of thioether (sulfide) groups is 1. The zero-order chi connectivity index (χ0) is 14.7. The number of anilines is 2. The number of nitrogen functional groups attached to an aromatic ring is 1. The lowest BCUT2D eigenvalue weighted by molar-refractivity contribution is 0.0833. The molecule has 1 saturated heterocycles. The first-order valence-corrected chi connectivity index (χ1v) is 9.03. The Kier molecular flexibility index (Phi) is 5.21. The highest BCUT2D eigenvalue weighted by Crippen LogP contribution is 2.44. The summed E-state index contributed by atoms with van der Waals surface area (Å²) in [6, 6.07) is 0. The zero-order valence-corrected chi connectivity index (χ0v) is 14.1. The first-order chi connectivity index (χ1) is 9.56. The maximum absolute atomic E-state index is 12.2. The number of hydrogen-bond acceptors (Lipinski definition) is 5. The molecule has 1 fully saturated rings. The van der Waals surface area contributed by atoms with Gasteiger partial charge >= 0.3 is 0 Å². The quantitative estimate of drug-likeness (QED) is 0.871. The van der Waals surface area contributed by atoms with Crippen LogP contribution in [0.5, 0.6) is 0 Å². The molecule has 0 unspecified atom stereocenters. The molecule has 0 aromatic carbocycles. The van der Waals surface area contributed by atoms with Crippen molar-refractivity contribution >= 4 is 39.7 Å². The summed E-state index contributed by atoms with van der Waals surface area (Å²) in [5, 5.41) is 1.18. The van der Waals surface area contributed by atoms with E-state index in [1.165, 1.54) is 30.7 Å². The number of nitrogens with two attached hydrogens (primary N) is 1. The molecule has 1 aromatic heterocycles. The van der Waals surface area contributed by atoms with Crippen LogP contribution in [-0.4, -0.2) is 44.2 Å². The largest absolute Gasteiger partial charge is 0.396 e. The van der Waals surface area contributed by atoms with E-state index in [-0.39, 0.29) is 5.91 Å². The Morgan fingerprint density at radius 2 is 1.85 bits per heavy atom. The fourth-order valence-corrected chi connectivity index (χ4v) is 4.71. The molecule has 6 heteroatoms. The molecular formula is C14H23N3OS2. The highest BCUT2D eigenvalue weighted by atomic mass is 32.2. The minimum Gasteiger partial charge on any atom is -0.396 e. The summed E-state index contributed by atoms with van der Waals surface area (Å²) in [5.41, 5.74) is 6.87. The fraction of sp³-hybridized carbons (Fsp3) is 0.643. The average molecular weight is 313 g/mol. The van der Waals surface area contributed by atoms with Crippen molar-refractivity contribution in [3.63, 3.8) is 0 Å². The van der Waals surface area contributed by atoms with Gasteiger partial charge in [-0.3, -0.25) is 4.79 Å². The van der Waals surface area contributed by atoms with Crippen LogP contribution in [0.15, 0.2) is 4.90 Å². The number of carbonyl (C=O) groups is 1. The van der Waals surface area contributed by atoms with Gasteiger partial charge in [0.1, 0.15) is 9.88 Å². The second-order valence-corrected chi connectivity index (χ2v) is 7.10. The van der Waals surface area contributed by atoms with Gasteiger partial charge in [0.05, 0.1) is 10.6 Å². The summed E-state index contributed by atoms with van der Waals surface area (Å²) in [7, 11) is 3.54. The fourth-order valence-electron chi connectivity index (χ4n) is 2.46. The van der Waals surface area contributed by atoms with Crippen LogP contribution < -0.4 is 10.6 Å². The van der Waals surface area contributed by atoms with E-state index in [1.54, 1.807) is 42.1 Å². The number of rotatable bonds is 3. The first kappa shape index (κ1) is 15.5. The molecule has 4 nitrogen and oxygen atoms in total. The van der Waals surface area contributed by atoms with Crippen molar-refractivity contribution in [2.45, 2.75) is 30.6 Å². The number of amides is 1. The zero-order valence-electron chi connectivity index (χ0n) is 12.4. The summed E-state index contributed by atoms with van der Waals surface area (Å²) < 4.78 is 0. The van der Waals surface area contributed by atoms with Crippen LogP contribution in [0, 0.1) is 0 Å². The lowest BCUT2D eigenvalue weighted by Crippen LogP contribution is -2.23. The van der Waals surface area contributed by atoms with Crippen molar-refractivity contribution < 1.29 is 4.79 Å². The van der Waals surface area contributed by atoms with Gasteiger partial charge in [0.25, 0.3) is 5.91 Å². The van der Waals surface area contributed by atoms with Crippen molar-refractivity contribution in [2.24, 2.45) is 0 Å². The molecule has 112 valence electrons. The average Bonchev–Trinajstić information content (AvgIpc) is 2.62. The minimum atomic E-state index is 0.00359. The summed E-state index contributed by atoms with van der Waals surface area (Å²) in [4.78, 5) is 18.0. The normalized spacial score (nSPS) is 16.1. The van der Waals surface area contributed by atoms with Gasteiger partial charge in [-0.05, 0) is 19.1 Å². The van der Waals surface area contributed by atoms with Crippen molar-refractivity contribution in [3.05, 3.63) is 4.88 Å². The van der Waals surface area contributed by atoms with Crippen LogP contribution >= 0.6 is 23.1 Å². The van der Waals surface area contributed by atoms with E-state index in [0.29, 0.717) is 10.6 Å². The molecule has 1 amide bonds. The van der Waals surface area contributed by atoms with Crippen molar-refractivity contribution in [1.29, 1.82) is 0 Å². The standard InChI is InChI=1S/C14H23N3OS2/c1-16(2)13(18)11-10(15)12(19-3)14(20-11)17-8-6-4-5-7-9-17/h4-9,15H2,1-3H3.